The standard InChI is InChI=1S/C26H35N3O5/c1-17(2)25(20-6-7-22-23(15-20)33-13-5-12-32-22)27-24(30)16-28-8-10-29(11-9-28)26(31)21-14-18(3)34-19(21)4/h6-7,14-15,17,25H,5,8-13,16H2,1-4H3,(H,27,30). The third kappa shape index (κ3) is 5.55. The van der Waals surface area contributed by atoms with Crippen molar-refractivity contribution in [3.05, 3.63) is 46.9 Å². The molecule has 1 fully saturated rings. The van der Waals surface area contributed by atoms with Gasteiger partial charge in [-0.05, 0) is 43.5 Å². The minimum absolute atomic E-state index is 0.00673. The van der Waals surface area contributed by atoms with E-state index in [0.29, 0.717) is 57.3 Å². The van der Waals surface area contributed by atoms with Crippen LogP contribution in [0.2, 0.25) is 0 Å². The molecule has 2 aliphatic heterocycles. The molecule has 0 aliphatic carbocycles. The number of nitrogens with zero attached hydrogens (tertiary/aromatic N) is 2. The minimum atomic E-state index is -0.125. The molecule has 0 spiro atoms. The number of carbonyl (C=O) groups excluding carboxylic acids is 2. The topological polar surface area (TPSA) is 84.3 Å². The zero-order valence-corrected chi connectivity index (χ0v) is 20.6. The van der Waals surface area contributed by atoms with Crippen LogP contribution in [-0.4, -0.2) is 67.6 Å². The van der Waals surface area contributed by atoms with Crippen LogP contribution in [0.4, 0.5) is 0 Å². The van der Waals surface area contributed by atoms with Crippen LogP contribution in [0.3, 0.4) is 0 Å². The van der Waals surface area contributed by atoms with E-state index < -0.39 is 0 Å². The fraction of sp³-hybridized carbons (Fsp3) is 0.538. The molecule has 2 amide bonds. The molecule has 0 radical (unpaired) electrons. The van der Waals surface area contributed by atoms with E-state index in [-0.39, 0.29) is 23.8 Å². The molecule has 2 aromatic rings. The first kappa shape index (κ1) is 24.1. The number of hydrogen-bond acceptors (Lipinski definition) is 6. The maximum absolute atomic E-state index is 12.9. The second-order valence-corrected chi connectivity index (χ2v) is 9.44. The van der Waals surface area contributed by atoms with Gasteiger partial charge in [-0.1, -0.05) is 19.9 Å². The van der Waals surface area contributed by atoms with Crippen molar-refractivity contribution in [2.24, 2.45) is 5.92 Å². The van der Waals surface area contributed by atoms with Gasteiger partial charge >= 0.3 is 0 Å². The second-order valence-electron chi connectivity index (χ2n) is 9.44. The summed E-state index contributed by atoms with van der Waals surface area (Å²) in [4.78, 5) is 29.7. The monoisotopic (exact) mass is 469 g/mol. The van der Waals surface area contributed by atoms with Gasteiger partial charge in [0.05, 0.1) is 31.4 Å². The molecule has 0 saturated carbocycles. The lowest BCUT2D eigenvalue weighted by Crippen LogP contribution is -2.51. The zero-order chi connectivity index (χ0) is 24.2. The van der Waals surface area contributed by atoms with Crippen LogP contribution in [0.25, 0.3) is 0 Å². The molecule has 8 heteroatoms. The average molecular weight is 470 g/mol. The van der Waals surface area contributed by atoms with E-state index in [1.165, 1.54) is 0 Å². The number of amides is 2. The van der Waals surface area contributed by atoms with E-state index in [2.05, 4.69) is 24.1 Å². The lowest BCUT2D eigenvalue weighted by molar-refractivity contribution is -0.123. The summed E-state index contributed by atoms with van der Waals surface area (Å²) in [6, 6.07) is 7.58. The highest BCUT2D eigenvalue weighted by Gasteiger charge is 2.27. The summed E-state index contributed by atoms with van der Waals surface area (Å²) < 4.78 is 17.1. The first-order valence-corrected chi connectivity index (χ1v) is 12.1. The SMILES string of the molecule is Cc1cc(C(=O)N2CCN(CC(=O)NC(c3ccc4c(c3)OCCCO4)C(C)C)CC2)c(C)o1. The number of ether oxygens (including phenoxy) is 2. The van der Waals surface area contributed by atoms with Crippen LogP contribution in [0.15, 0.2) is 28.7 Å². The van der Waals surface area contributed by atoms with Gasteiger partial charge in [-0.2, -0.15) is 0 Å². The Morgan fingerprint density at radius 2 is 1.71 bits per heavy atom. The number of carbonyl (C=O) groups is 2. The Labute approximate surface area is 201 Å². The molecule has 3 heterocycles. The molecule has 4 rings (SSSR count). The van der Waals surface area contributed by atoms with E-state index in [1.807, 2.05) is 36.9 Å². The van der Waals surface area contributed by atoms with Crippen molar-refractivity contribution in [3.63, 3.8) is 0 Å². The number of fused-ring (bicyclic) bond motifs is 1. The molecule has 1 unspecified atom stereocenters. The number of furan rings is 1. The number of piperazine rings is 1. The van der Waals surface area contributed by atoms with E-state index in [1.54, 1.807) is 6.07 Å². The number of benzene rings is 1. The molecule has 1 atom stereocenters. The van der Waals surface area contributed by atoms with Crippen LogP contribution < -0.4 is 14.8 Å². The van der Waals surface area contributed by atoms with E-state index in [4.69, 9.17) is 13.9 Å². The largest absolute Gasteiger partial charge is 0.490 e. The van der Waals surface area contributed by atoms with Gasteiger partial charge in [0.2, 0.25) is 5.91 Å². The van der Waals surface area contributed by atoms with Gasteiger partial charge in [0.1, 0.15) is 11.5 Å². The van der Waals surface area contributed by atoms with Crippen LogP contribution in [0.1, 0.15) is 53.8 Å². The number of rotatable bonds is 6. The summed E-state index contributed by atoms with van der Waals surface area (Å²) in [6.07, 6.45) is 0.856. The van der Waals surface area contributed by atoms with Gasteiger partial charge in [0, 0.05) is 32.6 Å². The maximum Gasteiger partial charge on any atom is 0.257 e. The van der Waals surface area contributed by atoms with Crippen LogP contribution in [0, 0.1) is 19.8 Å². The molecule has 34 heavy (non-hydrogen) atoms. The maximum atomic E-state index is 12.9. The lowest BCUT2D eigenvalue weighted by atomic mass is 9.95. The molecule has 1 N–H and O–H groups in total. The highest BCUT2D eigenvalue weighted by Crippen LogP contribution is 2.34. The van der Waals surface area contributed by atoms with Crippen LogP contribution in [0.5, 0.6) is 11.5 Å². The van der Waals surface area contributed by atoms with Crippen molar-refractivity contribution in [3.8, 4) is 11.5 Å². The molecule has 184 valence electrons. The Kier molecular flexibility index (Phi) is 7.46. The lowest BCUT2D eigenvalue weighted by Gasteiger charge is -2.34. The zero-order valence-electron chi connectivity index (χ0n) is 20.6. The van der Waals surface area contributed by atoms with Gasteiger partial charge in [-0.25, -0.2) is 0 Å². The fourth-order valence-electron chi connectivity index (χ4n) is 4.55. The van der Waals surface area contributed by atoms with E-state index >= 15 is 0 Å². The molecule has 2 aliphatic rings. The van der Waals surface area contributed by atoms with Gasteiger partial charge in [-0.15, -0.1) is 0 Å². The Balaban J connectivity index is 1.32. The summed E-state index contributed by atoms with van der Waals surface area (Å²) in [5, 5.41) is 3.20. The van der Waals surface area contributed by atoms with Crippen LogP contribution in [-0.2, 0) is 4.79 Å². The normalized spacial score (nSPS) is 17.4. The first-order chi connectivity index (χ1) is 16.3. The van der Waals surface area contributed by atoms with Crippen molar-refractivity contribution in [1.29, 1.82) is 0 Å². The van der Waals surface area contributed by atoms with Gasteiger partial charge in [0.15, 0.2) is 11.5 Å². The summed E-state index contributed by atoms with van der Waals surface area (Å²) in [5.41, 5.74) is 1.63. The third-order valence-corrected chi connectivity index (χ3v) is 6.41. The average Bonchev–Trinajstić information content (AvgIpc) is 3.00. The minimum Gasteiger partial charge on any atom is -0.490 e. The number of nitrogens with one attached hydrogen (secondary N) is 1. The predicted octanol–water partition coefficient (Wildman–Crippen LogP) is 3.33. The number of hydrogen-bond donors (Lipinski definition) is 1. The smallest absolute Gasteiger partial charge is 0.257 e. The van der Waals surface area contributed by atoms with Crippen molar-refractivity contribution in [1.82, 2.24) is 15.1 Å². The molecule has 1 aromatic heterocycles. The molecular weight excluding hydrogens is 434 g/mol. The van der Waals surface area contributed by atoms with Crippen molar-refractivity contribution in [2.75, 3.05) is 45.9 Å². The van der Waals surface area contributed by atoms with Crippen molar-refractivity contribution < 1.29 is 23.5 Å². The molecular formula is C26H35N3O5. The molecule has 1 saturated heterocycles. The van der Waals surface area contributed by atoms with Gasteiger partial charge < -0.3 is 24.1 Å². The fourth-order valence-corrected chi connectivity index (χ4v) is 4.55. The van der Waals surface area contributed by atoms with Crippen molar-refractivity contribution >= 4 is 11.8 Å². The predicted molar refractivity (Wildman–Crippen MR) is 128 cm³/mol. The van der Waals surface area contributed by atoms with E-state index in [9.17, 15) is 9.59 Å². The number of aryl methyl sites for hydroxylation is 2. The second kappa shape index (κ2) is 10.5. The highest BCUT2D eigenvalue weighted by atomic mass is 16.5. The highest BCUT2D eigenvalue weighted by molar-refractivity contribution is 5.95. The van der Waals surface area contributed by atoms with Gasteiger partial charge in [-0.3, -0.25) is 14.5 Å². The quantitative estimate of drug-likeness (QED) is 0.699. The Bertz CT molecular complexity index is 1020. The van der Waals surface area contributed by atoms with E-state index in [0.717, 1.165) is 29.2 Å². The van der Waals surface area contributed by atoms with Crippen molar-refractivity contribution in [2.45, 2.75) is 40.2 Å². The van der Waals surface area contributed by atoms with Crippen LogP contribution >= 0.6 is 0 Å². The summed E-state index contributed by atoms with van der Waals surface area (Å²) in [7, 11) is 0. The Hall–Kier alpha value is -3.00. The third-order valence-electron chi connectivity index (χ3n) is 6.41. The molecule has 8 nitrogen and oxygen atoms in total. The first-order valence-electron chi connectivity index (χ1n) is 12.1. The molecule has 1 aromatic carbocycles. The Morgan fingerprint density at radius 1 is 1.00 bits per heavy atom. The van der Waals surface area contributed by atoms with Gasteiger partial charge in [0.25, 0.3) is 5.91 Å². The Morgan fingerprint density at radius 3 is 2.35 bits per heavy atom. The molecule has 0 bridgehead atoms. The summed E-state index contributed by atoms with van der Waals surface area (Å²) >= 11 is 0. The summed E-state index contributed by atoms with van der Waals surface area (Å²) in [5.74, 6) is 3.06. The summed E-state index contributed by atoms with van der Waals surface area (Å²) in [6.45, 7) is 11.9.